The third kappa shape index (κ3) is 4.99. The second-order valence-corrected chi connectivity index (χ2v) is 5.33. The fourth-order valence-electron chi connectivity index (χ4n) is 2.23. The molecule has 0 radical (unpaired) electrons. The third-order valence-electron chi connectivity index (χ3n) is 3.39. The van der Waals surface area contributed by atoms with Gasteiger partial charge in [-0.05, 0) is 57.0 Å². The number of allylic oxidation sites excluding steroid dienone is 1. The first-order valence-corrected chi connectivity index (χ1v) is 7.44. The summed E-state index contributed by atoms with van der Waals surface area (Å²) in [5.41, 5.74) is 0.00441. The van der Waals surface area contributed by atoms with Crippen LogP contribution < -0.4 is 0 Å². The van der Waals surface area contributed by atoms with Gasteiger partial charge in [0.05, 0.1) is 13.6 Å². The summed E-state index contributed by atoms with van der Waals surface area (Å²) in [5.74, 6) is -1.61. The molecule has 5 heteroatoms. The standard InChI is InChI=1S/C18H24O5/c1-12-6-5-9-14(19)8-4-2-3-7-13-10-15(20)11-16(21)17(13)18(22)23-12/h3,7,10-12,14,19-21H,2,4-6,8-9H2,1H3/b7-3+/t12-,14?/m1/s1/i8D2,9D2,14D. The van der Waals surface area contributed by atoms with Gasteiger partial charge in [0.15, 0.2) is 0 Å². The van der Waals surface area contributed by atoms with Crippen molar-refractivity contribution >= 4 is 12.0 Å². The topological polar surface area (TPSA) is 87.0 Å². The number of hydrogen-bond acceptors (Lipinski definition) is 5. The smallest absolute Gasteiger partial charge is 0.342 e. The fourth-order valence-corrected chi connectivity index (χ4v) is 2.23. The molecule has 0 bridgehead atoms. The minimum Gasteiger partial charge on any atom is -0.508 e. The van der Waals surface area contributed by atoms with E-state index in [0.29, 0.717) is 0 Å². The Kier molecular flexibility index (Phi) is 4.01. The number of carbonyl (C=O) groups excluding carboxylic acids is 1. The Balaban J connectivity index is 2.47. The molecule has 0 saturated heterocycles. The Morgan fingerprint density at radius 1 is 1.30 bits per heavy atom. The molecule has 1 unspecified atom stereocenters. The second kappa shape index (κ2) is 8.02. The van der Waals surface area contributed by atoms with E-state index in [1.807, 2.05) is 0 Å². The number of carbonyl (C=O) groups is 1. The highest BCUT2D eigenvalue weighted by atomic mass is 16.5. The average molecular weight is 325 g/mol. The number of aliphatic hydroxyl groups is 1. The van der Waals surface area contributed by atoms with Crippen LogP contribution >= 0.6 is 0 Å². The van der Waals surface area contributed by atoms with Crippen molar-refractivity contribution < 1.29 is 31.7 Å². The molecule has 126 valence electrons. The molecule has 3 N–H and O–H groups in total. The molecule has 0 aromatic heterocycles. The van der Waals surface area contributed by atoms with E-state index in [-0.39, 0.29) is 36.1 Å². The average Bonchev–Trinajstić information content (AvgIpc) is 2.55. The summed E-state index contributed by atoms with van der Waals surface area (Å²) < 4.78 is 45.2. The SMILES string of the molecule is [2H]C1([2H])CC/C=C/c2cc(O)cc(O)c2C(=O)O[C@H](C)CCC([2H])([2H])C1([2H])O. The number of ether oxygens (including phenoxy) is 1. The van der Waals surface area contributed by atoms with Gasteiger partial charge in [-0.25, -0.2) is 4.79 Å². The van der Waals surface area contributed by atoms with Gasteiger partial charge in [-0.3, -0.25) is 0 Å². The monoisotopic (exact) mass is 325 g/mol. The van der Waals surface area contributed by atoms with E-state index in [9.17, 15) is 20.1 Å². The van der Waals surface area contributed by atoms with Crippen LogP contribution in [-0.2, 0) is 4.74 Å². The van der Waals surface area contributed by atoms with Crippen LogP contribution in [0.1, 0.15) is 68.1 Å². The van der Waals surface area contributed by atoms with Gasteiger partial charge in [0.2, 0.25) is 0 Å². The Labute approximate surface area is 143 Å². The highest BCUT2D eigenvalue weighted by molar-refractivity contribution is 5.97. The van der Waals surface area contributed by atoms with Crippen molar-refractivity contribution in [2.24, 2.45) is 0 Å². The largest absolute Gasteiger partial charge is 0.508 e. The zero-order valence-corrected chi connectivity index (χ0v) is 12.9. The summed E-state index contributed by atoms with van der Waals surface area (Å²) >= 11 is 0. The van der Waals surface area contributed by atoms with E-state index in [1.165, 1.54) is 25.1 Å². The van der Waals surface area contributed by atoms with E-state index >= 15 is 0 Å². The lowest BCUT2D eigenvalue weighted by Gasteiger charge is -2.17. The molecule has 23 heavy (non-hydrogen) atoms. The maximum Gasteiger partial charge on any atom is 0.342 e. The molecule has 5 nitrogen and oxygen atoms in total. The molecular weight excluding hydrogens is 296 g/mol. The summed E-state index contributed by atoms with van der Waals surface area (Å²) in [6, 6.07) is 2.25. The normalized spacial score (nSPS) is 35.8. The molecule has 2 atom stereocenters. The van der Waals surface area contributed by atoms with Gasteiger partial charge in [0.1, 0.15) is 17.1 Å². The highest BCUT2D eigenvalue weighted by Gasteiger charge is 2.20. The van der Waals surface area contributed by atoms with E-state index in [4.69, 9.17) is 11.6 Å². The summed E-state index contributed by atoms with van der Waals surface area (Å²) in [5, 5.41) is 30.1. The first-order chi connectivity index (χ1) is 12.8. The number of rotatable bonds is 0. The summed E-state index contributed by atoms with van der Waals surface area (Å²) in [7, 11) is 0. The molecule has 1 aliphatic rings. The quantitative estimate of drug-likeness (QED) is 0.637. The summed E-state index contributed by atoms with van der Waals surface area (Å²) in [4.78, 5) is 12.5. The fraction of sp³-hybridized carbons (Fsp3) is 0.500. The Bertz CT molecular complexity index is 776. The molecule has 1 aliphatic heterocycles. The predicted octanol–water partition coefficient (Wildman–Crippen LogP) is 3.37. The summed E-state index contributed by atoms with van der Waals surface area (Å²) in [6.07, 6.45) is -6.93. The number of hydrogen-bond donors (Lipinski definition) is 3. The summed E-state index contributed by atoms with van der Waals surface area (Å²) in [6.45, 7) is 1.49. The number of phenols is 2. The molecule has 0 spiro atoms. The zero-order valence-electron chi connectivity index (χ0n) is 17.9. The van der Waals surface area contributed by atoms with E-state index in [1.54, 1.807) is 0 Å². The van der Waals surface area contributed by atoms with E-state index < -0.39 is 43.1 Å². The molecule has 1 aromatic carbocycles. The van der Waals surface area contributed by atoms with Crippen LogP contribution in [0.4, 0.5) is 0 Å². The molecular formula is C18H24O5. The first kappa shape index (κ1) is 11.5. The minimum absolute atomic E-state index is 0.0194. The maximum atomic E-state index is 12.5. The molecule has 1 heterocycles. The van der Waals surface area contributed by atoms with Crippen molar-refractivity contribution in [2.45, 2.75) is 57.5 Å². The van der Waals surface area contributed by atoms with Crippen molar-refractivity contribution in [3.8, 4) is 11.5 Å². The molecule has 0 saturated carbocycles. The van der Waals surface area contributed by atoms with Gasteiger partial charge in [-0.15, -0.1) is 0 Å². The van der Waals surface area contributed by atoms with Crippen molar-refractivity contribution in [1.82, 2.24) is 0 Å². The van der Waals surface area contributed by atoms with Gasteiger partial charge < -0.3 is 20.1 Å². The van der Waals surface area contributed by atoms with Gasteiger partial charge in [-0.1, -0.05) is 12.2 Å². The zero-order chi connectivity index (χ0) is 21.3. The minimum atomic E-state index is -3.00. The van der Waals surface area contributed by atoms with E-state index in [2.05, 4.69) is 0 Å². The molecule has 0 fully saturated rings. The van der Waals surface area contributed by atoms with E-state index in [0.717, 1.165) is 6.07 Å². The third-order valence-corrected chi connectivity index (χ3v) is 3.39. The van der Waals surface area contributed by atoms with Gasteiger partial charge >= 0.3 is 5.97 Å². The first-order valence-electron chi connectivity index (χ1n) is 9.94. The Morgan fingerprint density at radius 3 is 2.83 bits per heavy atom. The highest BCUT2D eigenvalue weighted by Crippen LogP contribution is 2.30. The number of benzene rings is 1. The predicted molar refractivity (Wildman–Crippen MR) is 87.4 cm³/mol. The number of esters is 1. The Morgan fingerprint density at radius 2 is 2.04 bits per heavy atom. The Hall–Kier alpha value is -2.01. The van der Waals surface area contributed by atoms with Crippen molar-refractivity contribution in [3.63, 3.8) is 0 Å². The number of cyclic esters (lactones) is 1. The maximum absolute atomic E-state index is 12.5. The molecule has 0 amide bonds. The number of fused-ring (bicyclic) bond motifs is 1. The molecule has 1 aromatic rings. The van der Waals surface area contributed by atoms with Crippen molar-refractivity contribution in [1.29, 1.82) is 0 Å². The van der Waals surface area contributed by atoms with Crippen molar-refractivity contribution in [2.75, 3.05) is 0 Å². The number of aromatic hydroxyl groups is 2. The van der Waals surface area contributed by atoms with Crippen molar-refractivity contribution in [3.05, 3.63) is 29.3 Å². The second-order valence-electron chi connectivity index (χ2n) is 5.33. The van der Waals surface area contributed by atoms with Gasteiger partial charge in [-0.2, -0.15) is 0 Å². The van der Waals surface area contributed by atoms with Gasteiger partial charge in [0.25, 0.3) is 0 Å². The lowest BCUT2D eigenvalue weighted by Crippen LogP contribution is -2.17. The lowest BCUT2D eigenvalue weighted by atomic mass is 10.0. The molecule has 2 rings (SSSR count). The van der Waals surface area contributed by atoms with Crippen LogP contribution in [0.5, 0.6) is 11.5 Å². The van der Waals surface area contributed by atoms with Crippen LogP contribution in [0.25, 0.3) is 6.08 Å². The van der Waals surface area contributed by atoms with Crippen LogP contribution in [0, 0.1) is 0 Å². The van der Waals surface area contributed by atoms with Crippen LogP contribution in [-0.4, -0.2) is 33.5 Å². The van der Waals surface area contributed by atoms with Crippen LogP contribution in [0.15, 0.2) is 18.2 Å². The van der Waals surface area contributed by atoms with Gasteiger partial charge in [0, 0.05) is 11.5 Å². The van der Waals surface area contributed by atoms with Crippen LogP contribution in [0.3, 0.4) is 0 Å². The lowest BCUT2D eigenvalue weighted by molar-refractivity contribution is 0.0307. The van der Waals surface area contributed by atoms with Crippen LogP contribution in [0.2, 0.25) is 0 Å². The number of phenolic OH excluding ortho intramolecular Hbond substituents is 2. The molecule has 0 aliphatic carbocycles.